The van der Waals surface area contributed by atoms with Gasteiger partial charge in [0.15, 0.2) is 0 Å². The van der Waals surface area contributed by atoms with Gasteiger partial charge in [-0.15, -0.1) is 0 Å². The number of ether oxygens (including phenoxy) is 1. The summed E-state index contributed by atoms with van der Waals surface area (Å²) in [6.45, 7) is 1.98. The Bertz CT molecular complexity index is 481. The highest BCUT2D eigenvalue weighted by atomic mass is 79.9. The molecule has 0 unspecified atom stereocenters. The Hall–Kier alpha value is -1.03. The molecule has 1 aliphatic rings. The van der Waals surface area contributed by atoms with Gasteiger partial charge in [-0.3, -0.25) is 4.79 Å². The first-order valence-electron chi connectivity index (χ1n) is 7.13. The predicted octanol–water partition coefficient (Wildman–Crippen LogP) is 3.83. The van der Waals surface area contributed by atoms with Crippen molar-refractivity contribution in [1.29, 1.82) is 0 Å². The third-order valence-electron chi connectivity index (χ3n) is 4.04. The van der Waals surface area contributed by atoms with Gasteiger partial charge in [0.05, 0.1) is 18.2 Å². The van der Waals surface area contributed by atoms with E-state index in [2.05, 4.69) is 21.2 Å². The number of benzene rings is 1. The Kier molecular flexibility index (Phi) is 5.08. The summed E-state index contributed by atoms with van der Waals surface area (Å²) in [5, 5.41) is 4.04. The zero-order chi connectivity index (χ0) is 14.6. The molecule has 3 nitrogen and oxygen atoms in total. The van der Waals surface area contributed by atoms with Crippen LogP contribution in [0.25, 0.3) is 0 Å². The van der Waals surface area contributed by atoms with E-state index < -0.39 is 0 Å². The van der Waals surface area contributed by atoms with Crippen LogP contribution in [-0.4, -0.2) is 23.9 Å². The summed E-state index contributed by atoms with van der Waals surface area (Å²) in [7, 11) is 1.60. The van der Waals surface area contributed by atoms with Crippen LogP contribution < -0.4 is 10.1 Å². The van der Waals surface area contributed by atoms with Crippen LogP contribution in [0.4, 0.5) is 0 Å². The van der Waals surface area contributed by atoms with Gasteiger partial charge >= 0.3 is 0 Å². The number of methoxy groups -OCH3 is 1. The number of hydrogen-bond donors (Lipinski definition) is 1. The van der Waals surface area contributed by atoms with Crippen molar-refractivity contribution >= 4 is 21.8 Å². The molecule has 1 amide bonds. The van der Waals surface area contributed by atoms with Crippen LogP contribution >= 0.6 is 15.9 Å². The average Bonchev–Trinajstić information content (AvgIpc) is 2.48. The summed E-state index contributed by atoms with van der Waals surface area (Å²) in [6.07, 6.45) is 5.70. The highest BCUT2D eigenvalue weighted by molar-refractivity contribution is 9.09. The maximum absolute atomic E-state index is 12.6. The molecule has 1 fully saturated rings. The molecule has 2 rings (SSSR count). The van der Waals surface area contributed by atoms with Crippen LogP contribution in [0.15, 0.2) is 18.2 Å². The molecule has 1 aromatic carbocycles. The van der Waals surface area contributed by atoms with Crippen molar-refractivity contribution in [3.05, 3.63) is 29.3 Å². The smallest absolute Gasteiger partial charge is 0.255 e. The Morgan fingerprint density at radius 2 is 2.05 bits per heavy atom. The van der Waals surface area contributed by atoms with Gasteiger partial charge in [0.25, 0.3) is 5.91 Å². The SMILES string of the molecule is COc1ccc(C)cc1C(=O)NC1(CBr)CCCCC1. The largest absolute Gasteiger partial charge is 0.496 e. The third kappa shape index (κ3) is 3.35. The lowest BCUT2D eigenvalue weighted by Gasteiger charge is -2.36. The molecule has 20 heavy (non-hydrogen) atoms. The van der Waals surface area contributed by atoms with E-state index in [0.717, 1.165) is 23.7 Å². The van der Waals surface area contributed by atoms with Gasteiger partial charge in [0.1, 0.15) is 5.75 Å². The first-order chi connectivity index (χ1) is 9.60. The number of amides is 1. The molecule has 0 radical (unpaired) electrons. The Labute approximate surface area is 129 Å². The fourth-order valence-corrected chi connectivity index (χ4v) is 3.53. The van der Waals surface area contributed by atoms with Crippen molar-refractivity contribution in [3.8, 4) is 5.75 Å². The fourth-order valence-electron chi connectivity index (χ4n) is 2.83. The number of rotatable bonds is 4. The molecule has 1 saturated carbocycles. The van der Waals surface area contributed by atoms with Crippen molar-refractivity contribution in [1.82, 2.24) is 5.32 Å². The number of nitrogens with one attached hydrogen (secondary N) is 1. The van der Waals surface area contributed by atoms with Gasteiger partial charge < -0.3 is 10.1 Å². The molecule has 0 aliphatic heterocycles. The molecule has 0 aromatic heterocycles. The molecule has 110 valence electrons. The molecule has 0 bridgehead atoms. The Morgan fingerprint density at radius 3 is 2.65 bits per heavy atom. The summed E-state index contributed by atoms with van der Waals surface area (Å²) >= 11 is 3.57. The van der Waals surface area contributed by atoms with E-state index in [-0.39, 0.29) is 11.4 Å². The Morgan fingerprint density at radius 1 is 1.35 bits per heavy atom. The highest BCUT2D eigenvalue weighted by Crippen LogP contribution is 2.31. The normalized spacial score (nSPS) is 17.6. The molecule has 1 N–H and O–H groups in total. The maximum atomic E-state index is 12.6. The lowest BCUT2D eigenvalue weighted by Crippen LogP contribution is -2.51. The van der Waals surface area contributed by atoms with Gasteiger partial charge in [-0.1, -0.05) is 46.8 Å². The van der Waals surface area contributed by atoms with Crippen LogP contribution in [0.3, 0.4) is 0 Å². The molecule has 1 aliphatic carbocycles. The lowest BCUT2D eigenvalue weighted by molar-refractivity contribution is 0.0883. The van der Waals surface area contributed by atoms with E-state index in [1.54, 1.807) is 7.11 Å². The quantitative estimate of drug-likeness (QED) is 0.846. The minimum absolute atomic E-state index is 0.0353. The monoisotopic (exact) mass is 339 g/mol. The molecule has 0 heterocycles. The number of hydrogen-bond acceptors (Lipinski definition) is 2. The van der Waals surface area contributed by atoms with Gasteiger partial charge in [-0.25, -0.2) is 0 Å². The van der Waals surface area contributed by atoms with E-state index in [1.807, 2.05) is 25.1 Å². The number of carbonyl (C=O) groups excluding carboxylic acids is 1. The maximum Gasteiger partial charge on any atom is 0.255 e. The summed E-state index contributed by atoms with van der Waals surface area (Å²) in [6, 6.07) is 5.70. The molecular weight excluding hydrogens is 318 g/mol. The van der Waals surface area contributed by atoms with E-state index in [0.29, 0.717) is 11.3 Å². The second-order valence-electron chi connectivity index (χ2n) is 5.63. The van der Waals surface area contributed by atoms with Gasteiger partial charge in [0.2, 0.25) is 0 Å². The van der Waals surface area contributed by atoms with Crippen molar-refractivity contribution in [3.63, 3.8) is 0 Å². The second-order valence-corrected chi connectivity index (χ2v) is 6.19. The first kappa shape index (κ1) is 15.4. The minimum atomic E-state index is -0.107. The van der Waals surface area contributed by atoms with E-state index in [1.165, 1.54) is 19.3 Å². The topological polar surface area (TPSA) is 38.3 Å². The van der Waals surface area contributed by atoms with Crippen molar-refractivity contribution in [2.24, 2.45) is 0 Å². The molecule has 0 spiro atoms. The summed E-state index contributed by atoms with van der Waals surface area (Å²) in [4.78, 5) is 12.6. The van der Waals surface area contributed by atoms with Crippen LogP contribution in [0.2, 0.25) is 0 Å². The zero-order valence-corrected chi connectivity index (χ0v) is 13.8. The fraction of sp³-hybridized carbons (Fsp3) is 0.562. The van der Waals surface area contributed by atoms with Crippen LogP contribution in [-0.2, 0) is 0 Å². The van der Waals surface area contributed by atoms with E-state index in [4.69, 9.17) is 4.74 Å². The van der Waals surface area contributed by atoms with Crippen LogP contribution in [0.5, 0.6) is 5.75 Å². The highest BCUT2D eigenvalue weighted by Gasteiger charge is 2.33. The van der Waals surface area contributed by atoms with Gasteiger partial charge in [-0.05, 0) is 31.9 Å². The second kappa shape index (κ2) is 6.61. The molecule has 1 aromatic rings. The number of halogens is 1. The van der Waals surface area contributed by atoms with E-state index >= 15 is 0 Å². The molecule has 4 heteroatoms. The predicted molar refractivity (Wildman–Crippen MR) is 84.8 cm³/mol. The number of alkyl halides is 1. The molecule has 0 atom stereocenters. The first-order valence-corrected chi connectivity index (χ1v) is 8.25. The van der Waals surface area contributed by atoms with E-state index in [9.17, 15) is 4.79 Å². The van der Waals surface area contributed by atoms with Crippen molar-refractivity contribution in [2.75, 3.05) is 12.4 Å². The average molecular weight is 340 g/mol. The number of carbonyl (C=O) groups is 1. The zero-order valence-electron chi connectivity index (χ0n) is 12.2. The van der Waals surface area contributed by atoms with Gasteiger partial charge in [0, 0.05) is 5.33 Å². The summed E-state index contributed by atoms with van der Waals surface area (Å²) < 4.78 is 5.30. The molecule has 0 saturated heterocycles. The number of aryl methyl sites for hydroxylation is 1. The third-order valence-corrected chi connectivity index (χ3v) is 5.12. The van der Waals surface area contributed by atoms with Crippen LogP contribution in [0, 0.1) is 6.92 Å². The molecular formula is C16H22BrNO2. The van der Waals surface area contributed by atoms with Gasteiger partial charge in [-0.2, -0.15) is 0 Å². The summed E-state index contributed by atoms with van der Waals surface area (Å²) in [5.74, 6) is 0.598. The summed E-state index contributed by atoms with van der Waals surface area (Å²) in [5.41, 5.74) is 1.58. The van der Waals surface area contributed by atoms with Crippen LogP contribution in [0.1, 0.15) is 48.0 Å². The lowest BCUT2D eigenvalue weighted by atomic mass is 9.83. The minimum Gasteiger partial charge on any atom is -0.496 e. The Balaban J connectivity index is 2.20. The standard InChI is InChI=1S/C16H22BrNO2/c1-12-6-7-14(20-2)13(10-12)15(19)18-16(11-17)8-4-3-5-9-16/h6-7,10H,3-5,8-9,11H2,1-2H3,(H,18,19). The van der Waals surface area contributed by atoms with Crippen molar-refractivity contribution in [2.45, 2.75) is 44.6 Å². The van der Waals surface area contributed by atoms with Crippen molar-refractivity contribution < 1.29 is 9.53 Å².